The van der Waals surface area contributed by atoms with Crippen LogP contribution in [0, 0.1) is 0 Å². The van der Waals surface area contributed by atoms with Gasteiger partial charge in [0.15, 0.2) is 11.9 Å². The van der Waals surface area contributed by atoms with Crippen LogP contribution in [-0.4, -0.2) is 46.8 Å². The summed E-state index contributed by atoms with van der Waals surface area (Å²) in [5, 5.41) is 0. The molecule has 298 valence electrons. The molecule has 0 aliphatic rings. The minimum absolute atomic E-state index is 0.0393. The van der Waals surface area contributed by atoms with Crippen LogP contribution >= 0.6 is 7.82 Å². The quantitative estimate of drug-likeness (QED) is 0.0164. The summed E-state index contributed by atoms with van der Waals surface area (Å²) in [7, 11) is -4.83. The van der Waals surface area contributed by atoms with Gasteiger partial charge in [-0.3, -0.25) is 18.9 Å². The molecule has 0 fully saturated rings. The summed E-state index contributed by atoms with van der Waals surface area (Å²) in [6.07, 6.45) is 47.1. The lowest BCUT2D eigenvalue weighted by atomic mass is 10.1. The number of rotatable bonds is 34. The number of unbranched alkanes of at least 4 members (excludes halogenated alkanes) is 7. The fourth-order valence-corrected chi connectivity index (χ4v) is 4.97. The van der Waals surface area contributed by atoms with Crippen LogP contribution in [0.15, 0.2) is 97.2 Å². The van der Waals surface area contributed by atoms with E-state index in [1.165, 1.54) is 44.6 Å². The topological polar surface area (TPSA) is 136 Å². The first-order valence-electron chi connectivity index (χ1n) is 19.5. The maximum absolute atomic E-state index is 12.4. The highest BCUT2D eigenvalue weighted by molar-refractivity contribution is 7.46. The molecule has 0 aliphatic heterocycles. The molecule has 9 nitrogen and oxygen atoms in total. The molecule has 0 saturated carbocycles. The van der Waals surface area contributed by atoms with Crippen molar-refractivity contribution < 1.29 is 42.7 Å². The molecule has 0 aromatic heterocycles. The number of phosphoric acid groups is 1. The summed E-state index contributed by atoms with van der Waals surface area (Å²) in [6, 6.07) is 0. The number of hydrogen-bond donors (Lipinski definition) is 2. The Kier molecular flexibility index (Phi) is 34.6. The van der Waals surface area contributed by atoms with Crippen LogP contribution in [0.3, 0.4) is 0 Å². The molecule has 0 aromatic carbocycles. The molecule has 0 aromatic rings. The van der Waals surface area contributed by atoms with Crippen molar-refractivity contribution in [2.75, 3.05) is 13.2 Å². The molecule has 1 atom stereocenters. The van der Waals surface area contributed by atoms with E-state index in [0.29, 0.717) is 12.8 Å². The highest BCUT2D eigenvalue weighted by Crippen LogP contribution is 2.35. The molecule has 53 heavy (non-hydrogen) atoms. The fourth-order valence-electron chi connectivity index (χ4n) is 4.61. The van der Waals surface area contributed by atoms with Gasteiger partial charge in [-0.1, -0.05) is 131 Å². The molecule has 0 saturated heterocycles. The van der Waals surface area contributed by atoms with Gasteiger partial charge in [0.25, 0.3) is 0 Å². The van der Waals surface area contributed by atoms with E-state index in [-0.39, 0.29) is 31.5 Å². The van der Waals surface area contributed by atoms with E-state index in [2.05, 4.69) is 79.1 Å². The van der Waals surface area contributed by atoms with Crippen molar-refractivity contribution in [2.45, 2.75) is 142 Å². The molecule has 0 heterocycles. The maximum atomic E-state index is 12.4. The minimum atomic E-state index is -4.83. The van der Waals surface area contributed by atoms with Crippen LogP contribution in [0.4, 0.5) is 0 Å². The Morgan fingerprint density at radius 3 is 1.53 bits per heavy atom. The third-order valence-corrected chi connectivity index (χ3v) is 8.04. The van der Waals surface area contributed by atoms with E-state index in [1.54, 1.807) is 6.08 Å². The van der Waals surface area contributed by atoms with Crippen molar-refractivity contribution in [1.82, 2.24) is 0 Å². The van der Waals surface area contributed by atoms with Gasteiger partial charge in [0, 0.05) is 19.3 Å². The van der Waals surface area contributed by atoms with Crippen LogP contribution in [0.5, 0.6) is 0 Å². The SMILES string of the molecule is CCCCC/C=C\C/C=C\C/C=C\C=C\C(=O)CCCC(=O)OC[C@H](COP(=O)(O)O)OC(=O)CCC/C=C\C/C=C\C/C=C\C/C=C\CCCCC. The van der Waals surface area contributed by atoms with E-state index in [0.717, 1.165) is 44.9 Å². The number of hydrogen-bond acceptors (Lipinski definition) is 7. The first kappa shape index (κ1) is 49.6. The molecule has 0 bridgehead atoms. The minimum Gasteiger partial charge on any atom is -0.462 e. The van der Waals surface area contributed by atoms with E-state index in [9.17, 15) is 18.9 Å². The number of ether oxygens (including phenoxy) is 2. The zero-order chi connectivity index (χ0) is 39.1. The molecule has 0 radical (unpaired) electrons. The number of esters is 2. The zero-order valence-corrected chi connectivity index (χ0v) is 33.3. The lowest BCUT2D eigenvalue weighted by Crippen LogP contribution is -2.29. The third-order valence-electron chi connectivity index (χ3n) is 7.55. The molecular formula is C43H67O9P. The van der Waals surface area contributed by atoms with Crippen molar-refractivity contribution in [3.05, 3.63) is 97.2 Å². The molecule has 10 heteroatoms. The number of ketones is 1. The van der Waals surface area contributed by atoms with Gasteiger partial charge >= 0.3 is 19.8 Å². The molecule has 0 rings (SSSR count). The predicted octanol–water partition coefficient (Wildman–Crippen LogP) is 11.0. The second-order valence-electron chi connectivity index (χ2n) is 12.6. The van der Waals surface area contributed by atoms with Gasteiger partial charge in [-0.25, -0.2) is 4.57 Å². The Labute approximate surface area is 320 Å². The van der Waals surface area contributed by atoms with Gasteiger partial charge < -0.3 is 19.3 Å². The summed E-state index contributed by atoms with van der Waals surface area (Å²) < 4.78 is 26.1. The molecule has 0 aliphatic carbocycles. The van der Waals surface area contributed by atoms with Crippen molar-refractivity contribution >= 4 is 25.5 Å². The molecule has 0 spiro atoms. The average Bonchev–Trinajstić information content (AvgIpc) is 3.12. The smallest absolute Gasteiger partial charge is 0.462 e. The zero-order valence-electron chi connectivity index (χ0n) is 32.4. The molecule has 0 unspecified atom stereocenters. The fraction of sp³-hybridized carbons (Fsp3) is 0.558. The van der Waals surface area contributed by atoms with Crippen LogP contribution < -0.4 is 0 Å². The van der Waals surface area contributed by atoms with E-state index in [1.807, 2.05) is 24.3 Å². The summed E-state index contributed by atoms with van der Waals surface area (Å²) in [6.45, 7) is 3.35. The second kappa shape index (κ2) is 37.0. The Morgan fingerprint density at radius 1 is 0.547 bits per heavy atom. The van der Waals surface area contributed by atoms with Gasteiger partial charge in [-0.05, 0) is 83.1 Å². The summed E-state index contributed by atoms with van der Waals surface area (Å²) in [5.41, 5.74) is 0. The lowest BCUT2D eigenvalue weighted by Gasteiger charge is -2.18. The number of carbonyl (C=O) groups is 3. The summed E-state index contributed by atoms with van der Waals surface area (Å²) in [5.74, 6) is -1.34. The summed E-state index contributed by atoms with van der Waals surface area (Å²) >= 11 is 0. The van der Waals surface area contributed by atoms with E-state index < -0.39 is 39.1 Å². The molecular weight excluding hydrogens is 691 g/mol. The first-order chi connectivity index (χ1) is 25.7. The molecule has 0 amide bonds. The van der Waals surface area contributed by atoms with Crippen LogP contribution in [0.1, 0.15) is 136 Å². The monoisotopic (exact) mass is 758 g/mol. The van der Waals surface area contributed by atoms with Gasteiger partial charge in [0.05, 0.1) is 6.61 Å². The Hall–Kier alpha value is -3.36. The molecule has 2 N–H and O–H groups in total. The van der Waals surface area contributed by atoms with Crippen molar-refractivity contribution in [1.29, 1.82) is 0 Å². The second-order valence-corrected chi connectivity index (χ2v) is 13.8. The first-order valence-corrected chi connectivity index (χ1v) is 21.0. The maximum Gasteiger partial charge on any atom is 0.469 e. The predicted molar refractivity (Wildman–Crippen MR) is 216 cm³/mol. The number of carbonyl (C=O) groups excluding carboxylic acids is 3. The van der Waals surface area contributed by atoms with E-state index >= 15 is 0 Å². The van der Waals surface area contributed by atoms with Crippen LogP contribution in [-0.2, 0) is 32.9 Å². The van der Waals surface area contributed by atoms with Gasteiger partial charge in [0.1, 0.15) is 6.61 Å². The highest BCUT2D eigenvalue weighted by Gasteiger charge is 2.22. The largest absolute Gasteiger partial charge is 0.469 e. The normalized spacial score (nSPS) is 13.4. The third kappa shape index (κ3) is 39.7. The Bertz CT molecular complexity index is 1230. The Balaban J connectivity index is 4.29. The van der Waals surface area contributed by atoms with Crippen molar-refractivity contribution in [3.63, 3.8) is 0 Å². The summed E-state index contributed by atoms with van der Waals surface area (Å²) in [4.78, 5) is 54.8. The Morgan fingerprint density at radius 2 is 1.02 bits per heavy atom. The van der Waals surface area contributed by atoms with Crippen LogP contribution in [0.25, 0.3) is 0 Å². The van der Waals surface area contributed by atoms with Gasteiger partial charge in [0.2, 0.25) is 0 Å². The highest BCUT2D eigenvalue weighted by atomic mass is 31.2. The van der Waals surface area contributed by atoms with Crippen LogP contribution in [0.2, 0.25) is 0 Å². The van der Waals surface area contributed by atoms with Crippen molar-refractivity contribution in [3.8, 4) is 0 Å². The van der Waals surface area contributed by atoms with Crippen molar-refractivity contribution in [2.24, 2.45) is 0 Å². The average molecular weight is 759 g/mol. The van der Waals surface area contributed by atoms with E-state index in [4.69, 9.17) is 19.3 Å². The standard InChI is InChI=1S/C43H67O9P/c1-3-5-7-9-11-13-15-17-18-19-20-22-24-26-28-30-32-36-43(46)52-41(39-51-53(47,48)49)38-50-42(45)37-33-35-40(44)34-31-29-27-25-23-21-16-14-12-10-8-6-4-2/h11-14,17-18,20-23,26-29,31,34,41H,3-10,15-16,19,24-25,30,32-33,35-39H2,1-2H3,(H2,47,48,49)/b13-11-,14-12-,18-17-,22-20-,23-21-,28-26-,29-27-,34-31+/t41-/m1/s1. The van der Waals surface area contributed by atoms with Gasteiger partial charge in [-0.2, -0.15) is 0 Å². The lowest BCUT2D eigenvalue weighted by molar-refractivity contribution is -0.161. The number of allylic oxidation sites excluding steroid dienone is 16. The van der Waals surface area contributed by atoms with Gasteiger partial charge in [-0.15, -0.1) is 0 Å². The number of phosphoric ester groups is 1.